The third-order valence-corrected chi connectivity index (χ3v) is 6.98. The molecule has 2 aliphatic rings. The molecule has 1 aromatic rings. The number of thiophene rings is 1. The molecule has 12 heteroatoms. The summed E-state index contributed by atoms with van der Waals surface area (Å²) in [5, 5.41) is 13.9. The van der Waals surface area contributed by atoms with Crippen LogP contribution in [-0.2, 0) is 35.1 Å². The first-order chi connectivity index (χ1) is 14.3. The van der Waals surface area contributed by atoms with Crippen molar-refractivity contribution in [3.05, 3.63) is 33.7 Å². The second kappa shape index (κ2) is 9.50. The van der Waals surface area contributed by atoms with Crippen molar-refractivity contribution < 1.29 is 33.8 Å². The van der Waals surface area contributed by atoms with E-state index in [4.69, 9.17) is 9.47 Å². The Kier molecular flexibility index (Phi) is 7.22. The Morgan fingerprint density at radius 3 is 2.80 bits per heavy atom. The van der Waals surface area contributed by atoms with Crippen LogP contribution in [0.4, 0.5) is 0 Å². The summed E-state index contributed by atoms with van der Waals surface area (Å²) in [4.78, 5) is 50.6. The zero-order valence-corrected chi connectivity index (χ0v) is 19.1. The second-order valence-electron chi connectivity index (χ2n) is 6.45. The van der Waals surface area contributed by atoms with Crippen molar-refractivity contribution in [1.82, 2.24) is 10.2 Å². The standard InChI is InChI=1S/C18H19BrN2O7S2/c1-10(22)27-8-11-9-30-17-18(28-5-4-19,16(26)21(17)14(11)15(24)25)20-13(23)7-12-3-2-6-29-12/h2-3,6,17H,4-5,7-9H2,1H3,(H,20,23)(H,24,25)/t17-,18?/m1/s1. The third kappa shape index (κ3) is 4.41. The molecule has 0 aromatic carbocycles. The lowest BCUT2D eigenvalue weighted by Gasteiger charge is -2.56. The fourth-order valence-corrected chi connectivity index (χ4v) is 5.45. The number of thioether (sulfide) groups is 1. The first-order valence-electron chi connectivity index (χ1n) is 8.87. The number of nitrogens with one attached hydrogen (secondary N) is 1. The molecule has 9 nitrogen and oxygen atoms in total. The number of halogens is 1. The summed E-state index contributed by atoms with van der Waals surface area (Å²) in [6.45, 7) is 1.14. The van der Waals surface area contributed by atoms with E-state index >= 15 is 0 Å². The molecule has 2 N–H and O–H groups in total. The van der Waals surface area contributed by atoms with E-state index < -0.39 is 34.9 Å². The van der Waals surface area contributed by atoms with Gasteiger partial charge in [0.1, 0.15) is 17.7 Å². The highest BCUT2D eigenvalue weighted by Crippen LogP contribution is 2.47. The molecule has 0 saturated carbocycles. The van der Waals surface area contributed by atoms with Gasteiger partial charge in [-0.15, -0.1) is 23.1 Å². The maximum absolute atomic E-state index is 13.1. The van der Waals surface area contributed by atoms with Crippen LogP contribution >= 0.6 is 39.0 Å². The topological polar surface area (TPSA) is 122 Å². The Morgan fingerprint density at radius 2 is 2.20 bits per heavy atom. The van der Waals surface area contributed by atoms with Gasteiger partial charge < -0.3 is 19.9 Å². The van der Waals surface area contributed by atoms with Crippen LogP contribution in [0.1, 0.15) is 11.8 Å². The van der Waals surface area contributed by atoms with E-state index in [9.17, 15) is 24.3 Å². The summed E-state index contributed by atoms with van der Waals surface area (Å²) < 4.78 is 10.7. The molecule has 1 fully saturated rings. The fraction of sp³-hybridized carbons (Fsp3) is 0.444. The smallest absolute Gasteiger partial charge is 0.352 e. The number of esters is 1. The van der Waals surface area contributed by atoms with Crippen LogP contribution < -0.4 is 5.32 Å². The summed E-state index contributed by atoms with van der Waals surface area (Å²) in [7, 11) is 0. The number of carboxylic acids is 1. The summed E-state index contributed by atoms with van der Waals surface area (Å²) in [5.41, 5.74) is -1.58. The Balaban J connectivity index is 1.85. The average molecular weight is 519 g/mol. The van der Waals surface area contributed by atoms with E-state index in [0.29, 0.717) is 10.9 Å². The number of fused-ring (bicyclic) bond motifs is 1. The molecule has 30 heavy (non-hydrogen) atoms. The number of rotatable bonds is 9. The zero-order valence-electron chi connectivity index (χ0n) is 15.9. The number of carbonyl (C=O) groups excluding carboxylic acids is 3. The van der Waals surface area contributed by atoms with Crippen LogP contribution in [0.25, 0.3) is 0 Å². The quantitative estimate of drug-likeness (QED) is 0.217. The van der Waals surface area contributed by atoms with E-state index in [-0.39, 0.29) is 31.1 Å². The first-order valence-corrected chi connectivity index (χ1v) is 11.9. The Bertz CT molecular complexity index is 889. The van der Waals surface area contributed by atoms with Gasteiger partial charge in [-0.1, -0.05) is 22.0 Å². The van der Waals surface area contributed by atoms with Crippen molar-refractivity contribution in [3.8, 4) is 0 Å². The highest BCUT2D eigenvalue weighted by atomic mass is 79.9. The molecular formula is C18H19BrN2O7S2. The van der Waals surface area contributed by atoms with Gasteiger partial charge in [-0.05, 0) is 11.4 Å². The van der Waals surface area contributed by atoms with Gasteiger partial charge >= 0.3 is 11.9 Å². The Hall–Kier alpha value is -1.89. The lowest BCUT2D eigenvalue weighted by atomic mass is 9.97. The molecule has 0 spiro atoms. The molecule has 0 bridgehead atoms. The number of nitrogens with zero attached hydrogens (tertiary/aromatic N) is 1. The molecule has 3 rings (SSSR count). The second-order valence-corrected chi connectivity index (χ2v) is 9.35. The van der Waals surface area contributed by atoms with Crippen LogP contribution in [0, 0.1) is 0 Å². The minimum absolute atomic E-state index is 0.0844. The molecular weight excluding hydrogens is 500 g/mol. The monoisotopic (exact) mass is 518 g/mol. The predicted octanol–water partition coefficient (Wildman–Crippen LogP) is 1.33. The summed E-state index contributed by atoms with van der Waals surface area (Å²) in [5.74, 6) is -2.71. The maximum Gasteiger partial charge on any atom is 0.352 e. The summed E-state index contributed by atoms with van der Waals surface area (Å²) >= 11 is 5.90. The van der Waals surface area contributed by atoms with E-state index in [1.54, 1.807) is 0 Å². The number of aliphatic carboxylic acids is 1. The van der Waals surface area contributed by atoms with Gasteiger partial charge in [0.2, 0.25) is 5.91 Å². The molecule has 0 aliphatic carbocycles. The number of alkyl halides is 1. The van der Waals surface area contributed by atoms with Crippen molar-refractivity contribution in [2.45, 2.75) is 24.4 Å². The molecule has 1 aromatic heterocycles. The van der Waals surface area contributed by atoms with Crippen LogP contribution in [0.2, 0.25) is 0 Å². The molecule has 2 aliphatic heterocycles. The Morgan fingerprint density at radius 1 is 1.43 bits per heavy atom. The highest BCUT2D eigenvalue weighted by molar-refractivity contribution is 9.09. The van der Waals surface area contributed by atoms with Gasteiger partial charge in [-0.2, -0.15) is 0 Å². The highest BCUT2D eigenvalue weighted by Gasteiger charge is 2.67. The molecule has 1 unspecified atom stereocenters. The van der Waals surface area contributed by atoms with Crippen LogP contribution in [0.3, 0.4) is 0 Å². The number of ether oxygens (including phenoxy) is 2. The van der Waals surface area contributed by atoms with Crippen molar-refractivity contribution >= 4 is 62.8 Å². The first kappa shape index (κ1) is 22.8. The number of carbonyl (C=O) groups is 4. The van der Waals surface area contributed by atoms with Crippen LogP contribution in [-0.4, -0.2) is 69.2 Å². The molecule has 1 saturated heterocycles. The normalized spacial score (nSPS) is 22.9. The van der Waals surface area contributed by atoms with Gasteiger partial charge in [-0.25, -0.2) is 4.79 Å². The predicted molar refractivity (Wildman–Crippen MR) is 113 cm³/mol. The van der Waals surface area contributed by atoms with E-state index in [1.807, 2.05) is 17.5 Å². The lowest BCUT2D eigenvalue weighted by Crippen LogP contribution is -2.81. The maximum atomic E-state index is 13.1. The van der Waals surface area contributed by atoms with E-state index in [2.05, 4.69) is 21.2 Å². The molecule has 2 amide bonds. The minimum atomic E-state index is -1.65. The molecule has 0 radical (unpaired) electrons. The summed E-state index contributed by atoms with van der Waals surface area (Å²) in [6.07, 6.45) is 0.0844. The van der Waals surface area contributed by atoms with Crippen LogP contribution in [0.15, 0.2) is 28.8 Å². The largest absolute Gasteiger partial charge is 0.477 e. The number of amides is 2. The average Bonchev–Trinajstić information content (AvgIpc) is 3.21. The van der Waals surface area contributed by atoms with Gasteiger partial charge in [0, 0.05) is 28.5 Å². The molecule has 2 atom stereocenters. The molecule has 3 heterocycles. The Labute approximate surface area is 188 Å². The van der Waals surface area contributed by atoms with Crippen molar-refractivity contribution in [2.24, 2.45) is 0 Å². The van der Waals surface area contributed by atoms with Crippen molar-refractivity contribution in [2.75, 3.05) is 24.3 Å². The van der Waals surface area contributed by atoms with Gasteiger partial charge in [0.15, 0.2) is 0 Å². The number of β-lactam (4-membered cyclic amide) rings is 1. The van der Waals surface area contributed by atoms with Gasteiger partial charge in [0.25, 0.3) is 11.6 Å². The minimum Gasteiger partial charge on any atom is -0.477 e. The van der Waals surface area contributed by atoms with Crippen molar-refractivity contribution in [3.63, 3.8) is 0 Å². The number of hydrogen-bond donors (Lipinski definition) is 2. The van der Waals surface area contributed by atoms with Crippen LogP contribution in [0.5, 0.6) is 0 Å². The van der Waals surface area contributed by atoms with E-state index in [0.717, 1.165) is 9.78 Å². The van der Waals surface area contributed by atoms with Gasteiger partial charge in [0.05, 0.1) is 13.0 Å². The fourth-order valence-electron chi connectivity index (χ4n) is 3.20. The molecule has 162 valence electrons. The van der Waals surface area contributed by atoms with E-state index in [1.165, 1.54) is 30.0 Å². The summed E-state index contributed by atoms with van der Waals surface area (Å²) in [6, 6.07) is 3.64. The SMILES string of the molecule is CC(=O)OCC1=C(C(=O)O)N2C(=O)C(NC(=O)Cc3cccs3)(OCCBr)[C@H]2SC1. The number of hydrogen-bond acceptors (Lipinski definition) is 8. The number of carboxylic acid groups (broad SMARTS) is 1. The zero-order chi connectivity index (χ0) is 21.9. The lowest BCUT2D eigenvalue weighted by molar-refractivity contribution is -0.197. The third-order valence-electron chi connectivity index (χ3n) is 4.41. The van der Waals surface area contributed by atoms with Crippen molar-refractivity contribution in [1.29, 1.82) is 0 Å². The van der Waals surface area contributed by atoms with Gasteiger partial charge in [-0.3, -0.25) is 19.3 Å².